The van der Waals surface area contributed by atoms with Gasteiger partial charge in [0.15, 0.2) is 0 Å². The standard InChI is InChI=1S/C27H23FN6O3/c1-16-31-11-17(12-32-16)13-36-22-8-20(28)9-23(10-22)37-21-4-2-18(3-5-21)24-25-26(29)30-6-7-34(25)27(33-24)19-14-35-15-19/h2-12,19H,13-15H2,1H3,(H2,29,30). The molecule has 37 heavy (non-hydrogen) atoms. The van der Waals surface area contributed by atoms with Crippen molar-refractivity contribution in [2.45, 2.75) is 19.4 Å². The van der Waals surface area contributed by atoms with Crippen LogP contribution in [0, 0.1) is 12.7 Å². The van der Waals surface area contributed by atoms with Crippen molar-refractivity contribution >= 4 is 11.3 Å². The number of fused-ring (bicyclic) bond motifs is 1. The highest BCUT2D eigenvalue weighted by Gasteiger charge is 2.27. The molecule has 0 saturated carbocycles. The van der Waals surface area contributed by atoms with E-state index < -0.39 is 5.82 Å². The first kappa shape index (κ1) is 22.9. The number of hydrogen-bond donors (Lipinski definition) is 1. The highest BCUT2D eigenvalue weighted by atomic mass is 19.1. The summed E-state index contributed by atoms with van der Waals surface area (Å²) in [5, 5.41) is 0. The Labute approximate surface area is 211 Å². The predicted octanol–water partition coefficient (Wildman–Crippen LogP) is 4.70. The number of anilines is 1. The SMILES string of the molecule is Cc1ncc(COc2cc(F)cc(Oc3ccc(-c4nc(C5COC5)n5ccnc(N)c45)cc3)c2)cn1. The van der Waals surface area contributed by atoms with E-state index in [1.807, 2.05) is 22.7 Å². The predicted molar refractivity (Wildman–Crippen MR) is 134 cm³/mol. The maximum atomic E-state index is 14.3. The Morgan fingerprint density at radius 2 is 1.78 bits per heavy atom. The van der Waals surface area contributed by atoms with Gasteiger partial charge in [0.25, 0.3) is 0 Å². The number of rotatable bonds is 7. The molecule has 0 radical (unpaired) electrons. The van der Waals surface area contributed by atoms with Gasteiger partial charge in [-0.1, -0.05) is 0 Å². The molecule has 10 heteroatoms. The Balaban J connectivity index is 1.22. The van der Waals surface area contributed by atoms with E-state index in [0.29, 0.717) is 42.1 Å². The zero-order chi connectivity index (χ0) is 25.4. The van der Waals surface area contributed by atoms with E-state index in [0.717, 1.165) is 28.2 Å². The Kier molecular flexibility index (Phi) is 5.85. The van der Waals surface area contributed by atoms with Gasteiger partial charge in [0.1, 0.15) is 58.3 Å². The van der Waals surface area contributed by atoms with Crippen LogP contribution in [-0.4, -0.2) is 37.6 Å². The molecule has 0 amide bonds. The van der Waals surface area contributed by atoms with Crippen molar-refractivity contribution in [2.75, 3.05) is 18.9 Å². The topological polar surface area (TPSA) is 110 Å². The van der Waals surface area contributed by atoms with Gasteiger partial charge in [-0.2, -0.15) is 0 Å². The first-order valence-corrected chi connectivity index (χ1v) is 11.7. The molecule has 1 aliphatic rings. The number of aryl methyl sites for hydroxylation is 1. The summed E-state index contributed by atoms with van der Waals surface area (Å²) in [6.45, 7) is 3.28. The minimum absolute atomic E-state index is 0.212. The molecule has 0 aliphatic carbocycles. The van der Waals surface area contributed by atoms with Gasteiger partial charge in [-0.3, -0.25) is 4.40 Å². The lowest BCUT2D eigenvalue weighted by Gasteiger charge is -2.24. The fourth-order valence-corrected chi connectivity index (χ4v) is 4.12. The van der Waals surface area contributed by atoms with Crippen LogP contribution in [0.3, 0.4) is 0 Å². The number of hydrogen-bond acceptors (Lipinski definition) is 8. The molecule has 1 fully saturated rings. The quantitative estimate of drug-likeness (QED) is 0.344. The summed E-state index contributed by atoms with van der Waals surface area (Å²) in [6, 6.07) is 11.6. The summed E-state index contributed by atoms with van der Waals surface area (Å²) in [5.41, 5.74) is 9.35. The number of nitrogen functional groups attached to an aromatic ring is 1. The summed E-state index contributed by atoms with van der Waals surface area (Å²) in [4.78, 5) is 17.4. The molecule has 1 aliphatic heterocycles. The molecule has 0 bridgehead atoms. The summed E-state index contributed by atoms with van der Waals surface area (Å²) in [5.74, 6) is 2.91. The van der Waals surface area contributed by atoms with Gasteiger partial charge in [0.2, 0.25) is 0 Å². The van der Waals surface area contributed by atoms with E-state index in [1.165, 1.54) is 12.1 Å². The largest absolute Gasteiger partial charge is 0.489 e. The number of imidazole rings is 1. The maximum Gasteiger partial charge on any atom is 0.150 e. The molecule has 2 N–H and O–H groups in total. The summed E-state index contributed by atoms with van der Waals surface area (Å²) in [6.07, 6.45) is 6.88. The van der Waals surface area contributed by atoms with Crippen LogP contribution in [0.5, 0.6) is 17.2 Å². The number of aromatic nitrogens is 5. The van der Waals surface area contributed by atoms with E-state index in [1.54, 1.807) is 43.7 Å². The van der Waals surface area contributed by atoms with Gasteiger partial charge in [0, 0.05) is 54.1 Å². The highest BCUT2D eigenvalue weighted by molar-refractivity contribution is 5.85. The van der Waals surface area contributed by atoms with Crippen LogP contribution < -0.4 is 15.2 Å². The Morgan fingerprint density at radius 3 is 2.51 bits per heavy atom. The van der Waals surface area contributed by atoms with Gasteiger partial charge >= 0.3 is 0 Å². The number of nitrogens with zero attached hydrogens (tertiary/aromatic N) is 5. The van der Waals surface area contributed by atoms with E-state index in [4.69, 9.17) is 24.9 Å². The van der Waals surface area contributed by atoms with E-state index in [-0.39, 0.29) is 12.5 Å². The minimum atomic E-state index is -0.468. The van der Waals surface area contributed by atoms with Crippen molar-refractivity contribution in [2.24, 2.45) is 0 Å². The van der Waals surface area contributed by atoms with Crippen LogP contribution in [0.2, 0.25) is 0 Å². The molecule has 0 unspecified atom stereocenters. The van der Waals surface area contributed by atoms with Crippen LogP contribution in [-0.2, 0) is 11.3 Å². The summed E-state index contributed by atoms with van der Waals surface area (Å²) >= 11 is 0. The van der Waals surface area contributed by atoms with E-state index >= 15 is 0 Å². The Morgan fingerprint density at radius 1 is 1.03 bits per heavy atom. The lowest BCUT2D eigenvalue weighted by Crippen LogP contribution is -2.27. The normalized spacial score (nSPS) is 13.5. The number of nitrogens with two attached hydrogens (primary N) is 1. The molecular weight excluding hydrogens is 475 g/mol. The summed E-state index contributed by atoms with van der Waals surface area (Å²) in [7, 11) is 0. The monoisotopic (exact) mass is 498 g/mol. The van der Waals surface area contributed by atoms with Gasteiger partial charge in [0.05, 0.1) is 19.1 Å². The highest BCUT2D eigenvalue weighted by Crippen LogP contribution is 2.34. The van der Waals surface area contributed by atoms with Crippen LogP contribution in [0.15, 0.2) is 67.3 Å². The third-order valence-corrected chi connectivity index (χ3v) is 6.06. The van der Waals surface area contributed by atoms with Gasteiger partial charge in [-0.05, 0) is 31.2 Å². The lowest BCUT2D eigenvalue weighted by molar-refractivity contribution is 0.00468. The average molecular weight is 499 g/mol. The average Bonchev–Trinajstić information content (AvgIpc) is 3.23. The van der Waals surface area contributed by atoms with Crippen molar-refractivity contribution in [1.29, 1.82) is 0 Å². The second kappa shape index (κ2) is 9.47. The van der Waals surface area contributed by atoms with Crippen molar-refractivity contribution in [3.05, 3.63) is 90.3 Å². The molecule has 186 valence electrons. The molecule has 2 aromatic carbocycles. The molecule has 0 spiro atoms. The molecule has 6 rings (SSSR count). The fraction of sp³-hybridized carbons (Fsp3) is 0.185. The second-order valence-corrected chi connectivity index (χ2v) is 8.76. The molecule has 9 nitrogen and oxygen atoms in total. The number of halogens is 1. The van der Waals surface area contributed by atoms with Crippen molar-refractivity contribution in [3.8, 4) is 28.5 Å². The van der Waals surface area contributed by atoms with Crippen LogP contribution in [0.25, 0.3) is 16.8 Å². The van der Waals surface area contributed by atoms with Crippen molar-refractivity contribution < 1.29 is 18.6 Å². The third-order valence-electron chi connectivity index (χ3n) is 6.06. The van der Waals surface area contributed by atoms with E-state index in [2.05, 4.69) is 15.0 Å². The smallest absolute Gasteiger partial charge is 0.150 e. The van der Waals surface area contributed by atoms with Gasteiger partial charge < -0.3 is 19.9 Å². The lowest BCUT2D eigenvalue weighted by atomic mass is 10.1. The van der Waals surface area contributed by atoms with Crippen LogP contribution in [0.4, 0.5) is 10.2 Å². The second-order valence-electron chi connectivity index (χ2n) is 8.76. The first-order chi connectivity index (χ1) is 18.0. The van der Waals surface area contributed by atoms with Gasteiger partial charge in [-0.25, -0.2) is 24.3 Å². The zero-order valence-corrected chi connectivity index (χ0v) is 20.0. The number of ether oxygens (including phenoxy) is 3. The molecule has 1 saturated heterocycles. The minimum Gasteiger partial charge on any atom is -0.489 e. The molecular formula is C27H23FN6O3. The van der Waals surface area contributed by atoms with Crippen LogP contribution >= 0.6 is 0 Å². The third kappa shape index (κ3) is 4.66. The van der Waals surface area contributed by atoms with Crippen molar-refractivity contribution in [3.63, 3.8) is 0 Å². The maximum absolute atomic E-state index is 14.3. The molecule has 4 heterocycles. The Bertz CT molecular complexity index is 1570. The first-order valence-electron chi connectivity index (χ1n) is 11.7. The van der Waals surface area contributed by atoms with E-state index in [9.17, 15) is 4.39 Å². The Hall–Kier alpha value is -4.57. The van der Waals surface area contributed by atoms with Gasteiger partial charge in [-0.15, -0.1) is 0 Å². The number of benzene rings is 2. The van der Waals surface area contributed by atoms with Crippen molar-refractivity contribution in [1.82, 2.24) is 24.3 Å². The fourth-order valence-electron chi connectivity index (χ4n) is 4.12. The molecule has 0 atom stereocenters. The van der Waals surface area contributed by atoms with Crippen LogP contribution in [0.1, 0.15) is 23.1 Å². The molecule has 5 aromatic rings. The zero-order valence-electron chi connectivity index (χ0n) is 20.0. The summed E-state index contributed by atoms with van der Waals surface area (Å²) < 4.78 is 33.2. The molecule has 3 aromatic heterocycles.